The summed E-state index contributed by atoms with van der Waals surface area (Å²) in [5.74, 6) is 2.49. The van der Waals surface area contributed by atoms with Gasteiger partial charge in [0.05, 0.1) is 44.1 Å². The van der Waals surface area contributed by atoms with Gasteiger partial charge in [0, 0.05) is 38.1 Å². The predicted octanol–water partition coefficient (Wildman–Crippen LogP) is 7.09. The fraction of sp³-hybridized carbons (Fsp3) is 0.341. The van der Waals surface area contributed by atoms with E-state index in [0.29, 0.717) is 55.8 Å². The molecule has 2 atom stereocenters. The number of ether oxygens (including phenoxy) is 4. The Bertz CT molecular complexity index is 1740. The zero-order chi connectivity index (χ0) is 36.5. The number of imide groups is 1. The largest absolute Gasteiger partial charge is 0.497 e. The first-order chi connectivity index (χ1) is 25.4. The summed E-state index contributed by atoms with van der Waals surface area (Å²) in [7, 11) is 8.25. The number of hydrogen-bond acceptors (Lipinski definition) is 9. The van der Waals surface area contributed by atoms with Crippen molar-refractivity contribution in [2.75, 3.05) is 52.5 Å². The summed E-state index contributed by atoms with van der Waals surface area (Å²) in [5.41, 5.74) is 2.78. The second-order valence-electron chi connectivity index (χ2n) is 12.7. The number of nitrogens with zero attached hydrogens (tertiary/aromatic N) is 2. The van der Waals surface area contributed by atoms with E-state index in [1.165, 1.54) is 4.90 Å². The van der Waals surface area contributed by atoms with Gasteiger partial charge in [-0.2, -0.15) is 0 Å². The Morgan fingerprint density at radius 1 is 0.731 bits per heavy atom. The molecule has 0 unspecified atom stereocenters. The number of carbonyl (C=O) groups excluding carboxylic acids is 3. The molecule has 0 spiro atoms. The number of hydrogen-bond donors (Lipinski definition) is 0. The van der Waals surface area contributed by atoms with Crippen LogP contribution in [-0.4, -0.2) is 92.2 Å². The van der Waals surface area contributed by atoms with Crippen LogP contribution in [-0.2, 0) is 19.9 Å². The maximum absolute atomic E-state index is 13.7. The fourth-order valence-corrected chi connectivity index (χ4v) is 8.96. The summed E-state index contributed by atoms with van der Waals surface area (Å²) in [6.45, 7) is 1.16. The molecule has 52 heavy (non-hydrogen) atoms. The van der Waals surface area contributed by atoms with Gasteiger partial charge < -0.3 is 23.8 Å². The molecule has 1 saturated heterocycles. The quantitative estimate of drug-likeness (QED) is 0.0487. The molecule has 4 aromatic rings. The van der Waals surface area contributed by atoms with E-state index in [9.17, 15) is 14.4 Å². The van der Waals surface area contributed by atoms with Crippen molar-refractivity contribution in [3.8, 4) is 11.5 Å². The molecule has 2 aliphatic heterocycles. The molecule has 0 radical (unpaired) electrons. The van der Waals surface area contributed by atoms with Gasteiger partial charge in [0.1, 0.15) is 17.1 Å². The van der Waals surface area contributed by atoms with Gasteiger partial charge in [0.15, 0.2) is 0 Å². The van der Waals surface area contributed by atoms with Crippen LogP contribution >= 0.6 is 21.6 Å². The van der Waals surface area contributed by atoms with Gasteiger partial charge in [-0.15, -0.1) is 0 Å². The summed E-state index contributed by atoms with van der Waals surface area (Å²) < 4.78 is 23.9. The molecule has 0 aliphatic carbocycles. The van der Waals surface area contributed by atoms with Crippen molar-refractivity contribution >= 4 is 39.3 Å². The van der Waals surface area contributed by atoms with Gasteiger partial charge in [-0.3, -0.25) is 19.3 Å². The van der Waals surface area contributed by atoms with Crippen LogP contribution in [0.25, 0.3) is 0 Å². The SMILES string of the molecule is COc1ccc(C(OC[C@@H]2C[C@@H](OC)CN2C(=O)CCCSSCCN2C(=O)c3ccccc3C2=O)(c2ccccc2)c2ccc(OC)cc2)cc1. The zero-order valence-corrected chi connectivity index (χ0v) is 31.3. The highest BCUT2D eigenvalue weighted by atomic mass is 33.1. The highest BCUT2D eigenvalue weighted by Gasteiger charge is 2.42. The van der Waals surface area contributed by atoms with Gasteiger partial charge in [-0.05, 0) is 65.9 Å². The number of fused-ring (bicyclic) bond motifs is 1. The lowest BCUT2D eigenvalue weighted by atomic mass is 9.80. The smallest absolute Gasteiger partial charge is 0.261 e. The van der Waals surface area contributed by atoms with Crippen LogP contribution in [0.15, 0.2) is 103 Å². The summed E-state index contributed by atoms with van der Waals surface area (Å²) in [5, 5.41) is 0. The Balaban J connectivity index is 1.10. The van der Waals surface area contributed by atoms with Crippen LogP contribution in [0.3, 0.4) is 0 Å². The van der Waals surface area contributed by atoms with Gasteiger partial charge >= 0.3 is 0 Å². The van der Waals surface area contributed by atoms with E-state index in [1.807, 2.05) is 71.6 Å². The molecule has 9 nitrogen and oxygen atoms in total. The minimum absolute atomic E-state index is 0.0731. The maximum atomic E-state index is 13.7. The lowest BCUT2D eigenvalue weighted by Crippen LogP contribution is -2.42. The number of benzene rings is 4. The first-order valence-corrected chi connectivity index (χ1v) is 19.9. The Morgan fingerprint density at radius 3 is 1.83 bits per heavy atom. The van der Waals surface area contributed by atoms with E-state index in [4.69, 9.17) is 18.9 Å². The third kappa shape index (κ3) is 8.02. The average Bonchev–Trinajstić information content (AvgIpc) is 3.73. The summed E-state index contributed by atoms with van der Waals surface area (Å²) in [6, 6.07) is 32.8. The van der Waals surface area contributed by atoms with Crippen molar-refractivity contribution in [2.24, 2.45) is 0 Å². The first-order valence-electron chi connectivity index (χ1n) is 17.4. The van der Waals surface area contributed by atoms with Gasteiger partial charge in [-0.25, -0.2) is 0 Å². The molecule has 11 heteroatoms. The summed E-state index contributed by atoms with van der Waals surface area (Å²) in [6.07, 6.45) is 1.69. The number of likely N-dealkylation sites (tertiary alicyclic amines) is 1. The minimum atomic E-state index is -0.985. The van der Waals surface area contributed by atoms with Crippen molar-refractivity contribution < 1.29 is 33.3 Å². The molecular weight excluding hydrogens is 697 g/mol. The Kier molecular flexibility index (Phi) is 12.6. The normalized spacial score (nSPS) is 17.1. The summed E-state index contributed by atoms with van der Waals surface area (Å²) >= 11 is 0. The molecule has 0 saturated carbocycles. The molecule has 0 N–H and O–H groups in total. The lowest BCUT2D eigenvalue weighted by Gasteiger charge is -2.38. The Labute approximate surface area is 313 Å². The second-order valence-corrected chi connectivity index (χ2v) is 15.4. The third-order valence-corrected chi connectivity index (χ3v) is 12.1. The van der Waals surface area contributed by atoms with E-state index < -0.39 is 5.60 Å². The molecule has 0 bridgehead atoms. The van der Waals surface area contributed by atoms with Crippen LogP contribution in [0.1, 0.15) is 56.7 Å². The number of rotatable bonds is 17. The highest BCUT2D eigenvalue weighted by molar-refractivity contribution is 8.76. The molecular formula is C41H44N2O7S2. The fourth-order valence-electron chi connectivity index (χ4n) is 6.92. The van der Waals surface area contributed by atoms with Crippen LogP contribution in [0, 0.1) is 0 Å². The van der Waals surface area contributed by atoms with E-state index in [1.54, 1.807) is 67.2 Å². The Morgan fingerprint density at radius 2 is 1.27 bits per heavy atom. The van der Waals surface area contributed by atoms with E-state index in [-0.39, 0.29) is 29.9 Å². The molecule has 0 aromatic heterocycles. The highest BCUT2D eigenvalue weighted by Crippen LogP contribution is 2.42. The Hall–Kier alpha value is -4.29. The van der Waals surface area contributed by atoms with Crippen molar-refractivity contribution in [3.05, 3.63) is 131 Å². The van der Waals surface area contributed by atoms with Gasteiger partial charge in [-0.1, -0.05) is 88.3 Å². The maximum Gasteiger partial charge on any atom is 0.261 e. The van der Waals surface area contributed by atoms with Crippen LogP contribution in [0.2, 0.25) is 0 Å². The van der Waals surface area contributed by atoms with Crippen molar-refractivity contribution in [1.82, 2.24) is 9.80 Å². The first kappa shape index (κ1) is 37.5. The molecule has 4 aromatic carbocycles. The van der Waals surface area contributed by atoms with Gasteiger partial charge in [0.25, 0.3) is 11.8 Å². The van der Waals surface area contributed by atoms with E-state index in [2.05, 4.69) is 12.1 Å². The van der Waals surface area contributed by atoms with E-state index >= 15 is 0 Å². The van der Waals surface area contributed by atoms with Crippen LogP contribution in [0.4, 0.5) is 0 Å². The topological polar surface area (TPSA) is 94.6 Å². The molecule has 2 heterocycles. The van der Waals surface area contributed by atoms with Crippen LogP contribution in [0.5, 0.6) is 11.5 Å². The van der Waals surface area contributed by atoms with Crippen molar-refractivity contribution in [3.63, 3.8) is 0 Å². The van der Waals surface area contributed by atoms with Gasteiger partial charge in [0.2, 0.25) is 5.91 Å². The molecule has 3 amide bonds. The zero-order valence-electron chi connectivity index (χ0n) is 29.7. The number of carbonyl (C=O) groups is 3. The van der Waals surface area contributed by atoms with Crippen molar-refractivity contribution in [2.45, 2.75) is 37.0 Å². The predicted molar refractivity (Wildman–Crippen MR) is 205 cm³/mol. The minimum Gasteiger partial charge on any atom is -0.497 e. The van der Waals surface area contributed by atoms with Crippen LogP contribution < -0.4 is 9.47 Å². The number of methoxy groups -OCH3 is 3. The standard InChI is InChI=1S/C41H44N2O7S2/c1-47-33-19-15-30(16-20-33)41(29-10-5-4-6-11-29,31-17-21-34(48-2)22-18-31)50-28-32-26-35(49-3)27-43(32)38(44)14-9-24-51-52-25-23-42-39(45)36-12-7-8-13-37(36)40(42)46/h4-8,10-13,15-22,32,35H,9,14,23-28H2,1-3H3/t32-,35+/m0/s1. The summed E-state index contributed by atoms with van der Waals surface area (Å²) in [4.78, 5) is 42.2. The molecule has 272 valence electrons. The number of amides is 3. The molecule has 1 fully saturated rings. The monoisotopic (exact) mass is 740 g/mol. The lowest BCUT2D eigenvalue weighted by molar-refractivity contribution is -0.134. The molecule has 6 rings (SSSR count). The molecule has 2 aliphatic rings. The van der Waals surface area contributed by atoms with E-state index in [0.717, 1.165) is 33.9 Å². The van der Waals surface area contributed by atoms with Crippen molar-refractivity contribution in [1.29, 1.82) is 0 Å². The average molecular weight is 741 g/mol. The second kappa shape index (κ2) is 17.5. The third-order valence-electron chi connectivity index (χ3n) is 9.67.